The molecule has 0 amide bonds. The maximum Gasteiger partial charge on any atom is 0.197 e. The first-order valence-corrected chi connectivity index (χ1v) is 2.22. The van der Waals surface area contributed by atoms with E-state index >= 15 is 0 Å². The first-order valence-electron chi connectivity index (χ1n) is 2.22. The standard InChI is InChI=1S/C5H8O2.Tb/c1-3-5(7)4(2)6;/h3H2,1-2H3;. The molecule has 0 N–H and O–H groups in total. The van der Waals surface area contributed by atoms with Crippen molar-refractivity contribution in [3.8, 4) is 0 Å². The molecule has 1 radical (unpaired) electrons. The summed E-state index contributed by atoms with van der Waals surface area (Å²) >= 11 is 0. The molecule has 8 heavy (non-hydrogen) atoms. The Kier molecular flexibility index (Phi) is 8.22. The Morgan fingerprint density at radius 3 is 1.75 bits per heavy atom. The van der Waals surface area contributed by atoms with Gasteiger partial charge in [-0.15, -0.1) is 0 Å². The quantitative estimate of drug-likeness (QED) is 0.679. The van der Waals surface area contributed by atoms with Crippen LogP contribution in [-0.2, 0) is 9.59 Å². The summed E-state index contributed by atoms with van der Waals surface area (Å²) in [6.45, 7) is 2.95. The van der Waals surface area contributed by atoms with Gasteiger partial charge in [0.05, 0.1) is 0 Å². The first-order chi connectivity index (χ1) is 3.18. The van der Waals surface area contributed by atoms with Crippen molar-refractivity contribution in [2.45, 2.75) is 20.3 Å². The van der Waals surface area contributed by atoms with Crippen molar-refractivity contribution in [3.63, 3.8) is 0 Å². The summed E-state index contributed by atoms with van der Waals surface area (Å²) in [6.07, 6.45) is 0.329. The zero-order valence-corrected chi connectivity index (χ0v) is 7.00. The van der Waals surface area contributed by atoms with E-state index in [4.69, 9.17) is 0 Å². The number of ketones is 2. The first kappa shape index (κ1) is 11.4. The number of carbonyl (C=O) groups excluding carboxylic acids is 2. The van der Waals surface area contributed by atoms with Crippen molar-refractivity contribution in [2.75, 3.05) is 0 Å². The number of carbonyl (C=O) groups is 2. The van der Waals surface area contributed by atoms with Crippen LogP contribution >= 0.6 is 0 Å². The maximum absolute atomic E-state index is 10.2. The van der Waals surface area contributed by atoms with Crippen LogP contribution in [0.4, 0.5) is 0 Å². The topological polar surface area (TPSA) is 34.1 Å². The van der Waals surface area contributed by atoms with Crippen molar-refractivity contribution in [2.24, 2.45) is 0 Å². The molecule has 0 aromatic heterocycles. The van der Waals surface area contributed by atoms with Crippen LogP contribution in [0.15, 0.2) is 0 Å². The molecule has 0 fully saturated rings. The second kappa shape index (κ2) is 5.76. The molecule has 0 aliphatic heterocycles. The van der Waals surface area contributed by atoms with Gasteiger partial charge in [-0.25, -0.2) is 0 Å². The van der Waals surface area contributed by atoms with Crippen LogP contribution in [0.25, 0.3) is 0 Å². The molecule has 0 saturated carbocycles. The third kappa shape index (κ3) is 4.78. The molecule has 0 aromatic rings. The summed E-state index contributed by atoms with van der Waals surface area (Å²) in [4.78, 5) is 20.2. The van der Waals surface area contributed by atoms with Gasteiger partial charge in [0.1, 0.15) is 0 Å². The Labute approximate surface area is 79.5 Å². The van der Waals surface area contributed by atoms with Crippen molar-refractivity contribution in [3.05, 3.63) is 0 Å². The predicted octanol–water partition coefficient (Wildman–Crippen LogP) is 0.554. The third-order valence-electron chi connectivity index (χ3n) is 0.714. The van der Waals surface area contributed by atoms with Crippen LogP contribution in [-0.4, -0.2) is 11.6 Å². The summed E-state index contributed by atoms with van der Waals surface area (Å²) in [7, 11) is 0. The van der Waals surface area contributed by atoms with E-state index in [-0.39, 0.29) is 50.2 Å². The number of hydrogen-bond acceptors (Lipinski definition) is 2. The maximum atomic E-state index is 10.2. The minimum Gasteiger partial charge on any atom is -0.291 e. The van der Waals surface area contributed by atoms with Crippen molar-refractivity contribution >= 4 is 11.6 Å². The third-order valence-corrected chi connectivity index (χ3v) is 0.714. The molecule has 0 bridgehead atoms. The van der Waals surface area contributed by atoms with Gasteiger partial charge in [0.25, 0.3) is 0 Å². The molecule has 0 aliphatic rings. The van der Waals surface area contributed by atoms with Crippen LogP contribution in [0, 0.1) is 38.6 Å². The summed E-state index contributed by atoms with van der Waals surface area (Å²) < 4.78 is 0. The normalized spacial score (nSPS) is 7.25. The average molecular weight is 259 g/mol. The van der Waals surface area contributed by atoms with E-state index in [2.05, 4.69) is 0 Å². The molecule has 0 heterocycles. The molecule has 49 valence electrons. The average Bonchev–Trinajstić information content (AvgIpc) is 1.65. The van der Waals surface area contributed by atoms with Gasteiger partial charge in [0.15, 0.2) is 11.6 Å². The molecule has 0 unspecified atom stereocenters. The van der Waals surface area contributed by atoms with E-state index in [1.54, 1.807) is 6.92 Å². The molecule has 0 rings (SSSR count). The molecular formula is C5H8O2Tb. The Morgan fingerprint density at radius 1 is 1.38 bits per heavy atom. The van der Waals surface area contributed by atoms with E-state index in [0.29, 0.717) is 6.42 Å². The van der Waals surface area contributed by atoms with Gasteiger partial charge in [-0.1, -0.05) is 6.92 Å². The molecule has 0 aromatic carbocycles. The summed E-state index contributed by atoms with van der Waals surface area (Å²) in [5, 5.41) is 0. The zero-order valence-electron chi connectivity index (χ0n) is 4.86. The zero-order chi connectivity index (χ0) is 5.86. The van der Waals surface area contributed by atoms with Crippen LogP contribution in [0.3, 0.4) is 0 Å². The molecule has 2 nitrogen and oxygen atoms in total. The minimum atomic E-state index is -0.345. The van der Waals surface area contributed by atoms with E-state index in [1.165, 1.54) is 6.92 Å². The van der Waals surface area contributed by atoms with E-state index in [0.717, 1.165) is 0 Å². The van der Waals surface area contributed by atoms with Gasteiger partial charge in [-0.2, -0.15) is 0 Å². The molecule has 0 aliphatic carbocycles. The monoisotopic (exact) mass is 259 g/mol. The van der Waals surface area contributed by atoms with Gasteiger partial charge in [-0.3, -0.25) is 9.59 Å². The van der Waals surface area contributed by atoms with E-state index in [9.17, 15) is 9.59 Å². The molecule has 0 spiro atoms. The van der Waals surface area contributed by atoms with Crippen LogP contribution in [0.1, 0.15) is 20.3 Å². The second-order valence-electron chi connectivity index (χ2n) is 1.33. The van der Waals surface area contributed by atoms with E-state index < -0.39 is 0 Å². The number of rotatable bonds is 2. The summed E-state index contributed by atoms with van der Waals surface area (Å²) in [5.41, 5.74) is 0. The largest absolute Gasteiger partial charge is 0.291 e. The minimum absolute atomic E-state index is 0. The second-order valence-corrected chi connectivity index (χ2v) is 1.33. The molecule has 0 saturated heterocycles. The fourth-order valence-electron chi connectivity index (χ4n) is 0.249. The summed E-state index contributed by atoms with van der Waals surface area (Å²) in [6, 6.07) is 0. The number of hydrogen-bond donors (Lipinski definition) is 0. The number of Topliss-reactive ketones (excluding diaryl/α,β-unsaturated/α-hetero) is 2. The van der Waals surface area contributed by atoms with E-state index in [1.807, 2.05) is 0 Å². The van der Waals surface area contributed by atoms with Crippen molar-refractivity contribution < 1.29 is 48.2 Å². The van der Waals surface area contributed by atoms with Gasteiger partial charge < -0.3 is 0 Å². The fourth-order valence-corrected chi connectivity index (χ4v) is 0.249. The van der Waals surface area contributed by atoms with Crippen LogP contribution in [0.2, 0.25) is 0 Å². The Bertz CT molecular complexity index is 98.6. The Hall–Kier alpha value is 0.626. The van der Waals surface area contributed by atoms with Gasteiger partial charge in [-0.05, 0) is 0 Å². The Morgan fingerprint density at radius 2 is 1.75 bits per heavy atom. The molecule has 3 heteroatoms. The van der Waals surface area contributed by atoms with Crippen molar-refractivity contribution in [1.29, 1.82) is 0 Å². The van der Waals surface area contributed by atoms with Gasteiger partial charge in [0.2, 0.25) is 0 Å². The van der Waals surface area contributed by atoms with Gasteiger partial charge >= 0.3 is 0 Å². The SMILES string of the molecule is CCC(=O)C(C)=O.[Tb]. The summed E-state index contributed by atoms with van der Waals surface area (Å²) in [5.74, 6) is -0.637. The smallest absolute Gasteiger partial charge is 0.197 e. The van der Waals surface area contributed by atoms with Crippen molar-refractivity contribution in [1.82, 2.24) is 0 Å². The van der Waals surface area contributed by atoms with Gasteiger partial charge in [0, 0.05) is 52.0 Å². The van der Waals surface area contributed by atoms with Crippen LogP contribution < -0.4 is 0 Å². The predicted molar refractivity (Wildman–Crippen MR) is 26.0 cm³/mol. The molecular weight excluding hydrogens is 251 g/mol. The fraction of sp³-hybridized carbons (Fsp3) is 0.600. The molecule has 0 atom stereocenters. The van der Waals surface area contributed by atoms with Crippen LogP contribution in [0.5, 0.6) is 0 Å². The Balaban J connectivity index is 0.